The fourth-order valence-corrected chi connectivity index (χ4v) is 7.46. The van der Waals surface area contributed by atoms with E-state index in [1.165, 1.54) is 0 Å². The van der Waals surface area contributed by atoms with Gasteiger partial charge in [-0.3, -0.25) is 0 Å². The summed E-state index contributed by atoms with van der Waals surface area (Å²) in [5.74, 6) is 3.05. The van der Waals surface area contributed by atoms with Crippen LogP contribution in [0.4, 0.5) is 0 Å². The number of ether oxygens (including phenoxy) is 4. The topological polar surface area (TPSA) is 94.3 Å². The summed E-state index contributed by atoms with van der Waals surface area (Å²) in [6.07, 6.45) is 11.9. The van der Waals surface area contributed by atoms with Crippen molar-refractivity contribution >= 4 is 46.4 Å². The average Bonchev–Trinajstić information content (AvgIpc) is 4.02. The minimum Gasteiger partial charge on any atom is -0.493 e. The molecule has 0 saturated carbocycles. The molecule has 64 heavy (non-hydrogen) atoms. The molecule has 5 aromatic rings. The molecule has 0 amide bonds. The van der Waals surface area contributed by atoms with Crippen LogP contribution in [-0.4, -0.2) is 46.4 Å². The zero-order valence-electron chi connectivity index (χ0n) is 40.4. The van der Waals surface area contributed by atoms with E-state index in [9.17, 15) is 0 Å². The number of hydrogen-bond acceptors (Lipinski definition) is 6. The molecule has 3 aromatic heterocycles. The predicted octanol–water partition coefficient (Wildman–Crippen LogP) is 15.2. The summed E-state index contributed by atoms with van der Waals surface area (Å²) < 4.78 is 26.7. The van der Waals surface area contributed by atoms with Crippen LogP contribution in [0.15, 0.2) is 72.8 Å². The largest absolute Gasteiger partial charge is 0.493 e. The third-order valence-electron chi connectivity index (χ3n) is 11.3. The number of aromatic amines is 2. The zero-order valence-corrected chi connectivity index (χ0v) is 40.4. The van der Waals surface area contributed by atoms with E-state index in [4.69, 9.17) is 28.9 Å². The Balaban J connectivity index is 1.44. The molecule has 2 aliphatic heterocycles. The molecule has 8 bridgehead atoms. The summed E-state index contributed by atoms with van der Waals surface area (Å²) in [7, 11) is 0. The number of rotatable bonds is 14. The van der Waals surface area contributed by atoms with Crippen molar-refractivity contribution in [3.05, 3.63) is 95.6 Å². The minimum atomic E-state index is 0.120. The maximum absolute atomic E-state index is 6.67. The smallest absolute Gasteiger partial charge is 0.131 e. The Morgan fingerprint density at radius 3 is 1.00 bits per heavy atom. The summed E-state index contributed by atoms with van der Waals surface area (Å²) in [5, 5.41) is 0. The monoisotopic (exact) mass is 863 g/mol. The molecular weight excluding hydrogens is 793 g/mol. The molecule has 0 spiro atoms. The van der Waals surface area contributed by atoms with Crippen LogP contribution in [-0.2, 0) is 0 Å². The third kappa shape index (κ3) is 12.3. The van der Waals surface area contributed by atoms with Crippen molar-refractivity contribution < 1.29 is 18.9 Å². The molecule has 7 rings (SSSR count). The van der Waals surface area contributed by atoms with E-state index in [0.29, 0.717) is 26.4 Å². The van der Waals surface area contributed by atoms with Crippen LogP contribution >= 0.6 is 0 Å². The standard InChI is InChI=1S/C56H70N4O4/c1-53(2,3)27-31-61-45-15-13-16-46(62-32-28-54(4,5)6)51(45)49-41-23-19-37(57-41)35-39-21-25-43(59-39)50(44-26-22-40(60-44)36-38-20-24-42(49)58-38)52-47(63-33-29-55(7,8)9)17-14-18-48(52)64-34-30-56(10,11)12/h13-26,35-36,57,60H,27-34H2,1-12H3. The van der Waals surface area contributed by atoms with Gasteiger partial charge in [0.05, 0.1) is 60.3 Å². The van der Waals surface area contributed by atoms with E-state index < -0.39 is 0 Å². The van der Waals surface area contributed by atoms with E-state index in [-0.39, 0.29) is 21.7 Å². The van der Waals surface area contributed by atoms with Gasteiger partial charge in [0.25, 0.3) is 0 Å². The van der Waals surface area contributed by atoms with Gasteiger partial charge in [-0.25, -0.2) is 9.97 Å². The second kappa shape index (κ2) is 18.8. The number of hydrogen-bond donors (Lipinski definition) is 2. The Morgan fingerprint density at radius 1 is 0.391 bits per heavy atom. The van der Waals surface area contributed by atoms with Gasteiger partial charge in [-0.1, -0.05) is 95.2 Å². The van der Waals surface area contributed by atoms with Gasteiger partial charge < -0.3 is 28.9 Å². The van der Waals surface area contributed by atoms with E-state index >= 15 is 0 Å². The van der Waals surface area contributed by atoms with Crippen molar-refractivity contribution in [2.75, 3.05) is 26.4 Å². The molecule has 338 valence electrons. The molecule has 2 aliphatic rings. The lowest BCUT2D eigenvalue weighted by Crippen LogP contribution is -2.13. The highest BCUT2D eigenvalue weighted by molar-refractivity contribution is 5.97. The normalized spacial score (nSPS) is 13.1. The van der Waals surface area contributed by atoms with E-state index in [1.54, 1.807) is 0 Å². The van der Waals surface area contributed by atoms with Gasteiger partial charge in [0.2, 0.25) is 0 Å². The number of aromatic nitrogens is 4. The molecule has 0 fully saturated rings. The lowest BCUT2D eigenvalue weighted by atomic mass is 9.93. The summed E-state index contributed by atoms with van der Waals surface area (Å²) >= 11 is 0. The number of nitrogens with zero attached hydrogens (tertiary/aromatic N) is 2. The molecule has 0 aliphatic carbocycles. The first-order chi connectivity index (χ1) is 30.2. The Morgan fingerprint density at radius 2 is 0.703 bits per heavy atom. The van der Waals surface area contributed by atoms with Crippen molar-refractivity contribution in [3.63, 3.8) is 0 Å². The first-order valence-electron chi connectivity index (χ1n) is 23.1. The van der Waals surface area contributed by atoms with Crippen molar-refractivity contribution in [1.82, 2.24) is 19.9 Å². The van der Waals surface area contributed by atoms with E-state index in [0.717, 1.165) is 116 Å². The molecule has 8 nitrogen and oxygen atoms in total. The summed E-state index contributed by atoms with van der Waals surface area (Å²) in [6.45, 7) is 29.2. The second-order valence-corrected chi connectivity index (χ2v) is 22.1. The van der Waals surface area contributed by atoms with Crippen molar-refractivity contribution in [3.8, 4) is 45.3 Å². The molecule has 8 heteroatoms. The van der Waals surface area contributed by atoms with E-state index in [2.05, 4.69) is 154 Å². The molecule has 0 atom stereocenters. The van der Waals surface area contributed by atoms with Crippen LogP contribution in [0.3, 0.4) is 0 Å². The van der Waals surface area contributed by atoms with Crippen LogP contribution in [0, 0.1) is 21.7 Å². The number of nitrogens with one attached hydrogen (secondary N) is 2. The lowest BCUT2D eigenvalue weighted by molar-refractivity contribution is 0.235. The number of H-pyrrole nitrogens is 2. The molecular formula is C56H70N4O4. The number of benzene rings is 2. The molecule has 0 saturated heterocycles. The predicted molar refractivity (Wildman–Crippen MR) is 268 cm³/mol. The first kappa shape index (κ1) is 46.2. The quantitative estimate of drug-likeness (QED) is 0.113. The average molecular weight is 863 g/mol. The summed E-state index contributed by atoms with van der Waals surface area (Å²) in [6, 6.07) is 24.8. The van der Waals surface area contributed by atoms with Crippen molar-refractivity contribution in [2.45, 2.75) is 109 Å². The van der Waals surface area contributed by atoms with E-state index in [1.807, 2.05) is 36.4 Å². The van der Waals surface area contributed by atoms with Gasteiger partial charge in [0, 0.05) is 33.2 Å². The van der Waals surface area contributed by atoms with Crippen LogP contribution in [0.5, 0.6) is 23.0 Å². The van der Waals surface area contributed by atoms with Crippen LogP contribution in [0.25, 0.3) is 68.6 Å². The molecule has 0 unspecified atom stereocenters. The Bertz CT molecular complexity index is 2410. The van der Waals surface area contributed by atoms with Crippen molar-refractivity contribution in [2.24, 2.45) is 21.7 Å². The lowest BCUT2D eigenvalue weighted by Gasteiger charge is -2.22. The number of fused-ring (bicyclic) bond motifs is 8. The maximum Gasteiger partial charge on any atom is 0.131 e. The molecule has 2 aromatic carbocycles. The Labute approximate surface area is 381 Å². The highest BCUT2D eigenvalue weighted by Gasteiger charge is 2.24. The molecule has 0 radical (unpaired) electrons. The zero-order chi connectivity index (χ0) is 45.9. The first-order valence-corrected chi connectivity index (χ1v) is 23.1. The maximum atomic E-state index is 6.67. The highest BCUT2D eigenvalue weighted by Crippen LogP contribution is 2.45. The van der Waals surface area contributed by atoms with Gasteiger partial charge >= 0.3 is 0 Å². The van der Waals surface area contributed by atoms with Crippen LogP contribution in [0.2, 0.25) is 0 Å². The molecule has 2 N–H and O–H groups in total. The Hall–Kier alpha value is -5.76. The van der Waals surface area contributed by atoms with Gasteiger partial charge in [-0.15, -0.1) is 0 Å². The summed E-state index contributed by atoms with van der Waals surface area (Å²) in [4.78, 5) is 18.1. The Kier molecular flexibility index (Phi) is 13.6. The van der Waals surface area contributed by atoms with Gasteiger partial charge in [-0.05, 0) is 132 Å². The SMILES string of the molecule is CC(C)(C)CCOc1cccc(OCCC(C)(C)C)c1-c1c2nc(cc3ccc([nH]3)c(-c3c(OCCC(C)(C)C)cccc3OCCC(C)(C)C)c3nc(cc4ccc1[nH]4)C=C3)C=C2. The summed E-state index contributed by atoms with van der Waals surface area (Å²) in [5.41, 5.74) is 10.9. The van der Waals surface area contributed by atoms with Crippen LogP contribution in [0.1, 0.15) is 132 Å². The van der Waals surface area contributed by atoms with Gasteiger partial charge in [-0.2, -0.15) is 0 Å². The molecule has 5 heterocycles. The fourth-order valence-electron chi connectivity index (χ4n) is 7.46. The van der Waals surface area contributed by atoms with Gasteiger partial charge in [0.15, 0.2) is 0 Å². The van der Waals surface area contributed by atoms with Crippen LogP contribution < -0.4 is 18.9 Å². The minimum absolute atomic E-state index is 0.120. The fraction of sp³-hybridized carbons (Fsp3) is 0.429. The highest BCUT2D eigenvalue weighted by atomic mass is 16.5. The second-order valence-electron chi connectivity index (χ2n) is 22.1. The van der Waals surface area contributed by atoms with Gasteiger partial charge in [0.1, 0.15) is 23.0 Å². The van der Waals surface area contributed by atoms with Crippen molar-refractivity contribution in [1.29, 1.82) is 0 Å². The third-order valence-corrected chi connectivity index (χ3v) is 11.3.